The fourth-order valence-electron chi connectivity index (χ4n) is 5.57. The number of benzene rings is 5. The molecule has 0 fully saturated rings. The predicted molar refractivity (Wildman–Crippen MR) is 170 cm³/mol. The van der Waals surface area contributed by atoms with Crippen LogP contribution in [0.4, 0.5) is 0 Å². The van der Waals surface area contributed by atoms with Gasteiger partial charge in [0.15, 0.2) is 0 Å². The average molecular weight is 548 g/mol. The van der Waals surface area contributed by atoms with Crippen LogP contribution >= 0.6 is 0 Å². The van der Waals surface area contributed by atoms with Crippen molar-refractivity contribution in [3.8, 4) is 34.1 Å². The minimum absolute atomic E-state index is 0.136. The molecule has 0 atom stereocenters. The first-order valence-corrected chi connectivity index (χ1v) is 13.6. The van der Waals surface area contributed by atoms with Gasteiger partial charge >= 0.3 is 0 Å². The van der Waals surface area contributed by atoms with Crippen molar-refractivity contribution in [3.63, 3.8) is 0 Å². The van der Waals surface area contributed by atoms with E-state index in [1.807, 2.05) is 109 Å². The molecule has 0 saturated heterocycles. The lowest BCUT2D eigenvalue weighted by molar-refractivity contribution is 0.483. The van der Waals surface area contributed by atoms with Crippen LogP contribution in [0, 0.1) is 6.92 Å². The van der Waals surface area contributed by atoms with E-state index in [9.17, 15) is 0 Å². The van der Waals surface area contributed by atoms with Gasteiger partial charge in [0.05, 0.1) is 34.6 Å². The van der Waals surface area contributed by atoms with Crippen LogP contribution in [0.2, 0.25) is 0 Å². The third kappa shape index (κ3) is 4.02. The Bertz CT molecular complexity index is 2510. The molecular formula is C37H26N4O. The molecular weight excluding hydrogens is 516 g/mol. The molecule has 0 bridgehead atoms. The maximum atomic E-state index is 8.46. The van der Waals surface area contributed by atoms with Gasteiger partial charge in [-0.1, -0.05) is 66.6 Å². The summed E-state index contributed by atoms with van der Waals surface area (Å²) in [6.45, 7) is 1.86. The van der Waals surface area contributed by atoms with Crippen molar-refractivity contribution in [2.75, 3.05) is 0 Å². The fourth-order valence-corrected chi connectivity index (χ4v) is 5.57. The highest BCUT2D eigenvalue weighted by Gasteiger charge is 2.15. The highest BCUT2D eigenvalue weighted by molar-refractivity contribution is 6.09. The van der Waals surface area contributed by atoms with Gasteiger partial charge in [0.25, 0.3) is 0 Å². The monoisotopic (exact) mass is 547 g/mol. The van der Waals surface area contributed by atoms with E-state index in [4.69, 9.17) is 16.6 Å². The number of fused-ring (bicyclic) bond motifs is 4. The zero-order valence-corrected chi connectivity index (χ0v) is 22.6. The standard InChI is InChI=1S/C37H26N4O/c1-25-20-37(38-23-32(25)26-10-3-2-4-11-26)41-34-16-7-5-14-30(34)31-19-18-29(22-36(31)41)42-28-13-9-12-27(21-28)40-24-39-33-15-6-8-17-35(33)40/h2-24H,1H3/i2D,3D,4D,10D,11D. The lowest BCUT2D eigenvalue weighted by Gasteiger charge is -2.12. The number of ether oxygens (including phenoxy) is 1. The summed E-state index contributed by atoms with van der Waals surface area (Å²) in [6, 6.07) is 30.2. The molecule has 0 aliphatic heterocycles. The van der Waals surface area contributed by atoms with Gasteiger partial charge in [0.1, 0.15) is 23.6 Å². The molecule has 3 aromatic heterocycles. The molecule has 5 nitrogen and oxygen atoms in total. The minimum Gasteiger partial charge on any atom is -0.457 e. The van der Waals surface area contributed by atoms with Gasteiger partial charge in [0, 0.05) is 34.7 Å². The Morgan fingerprint density at radius 2 is 1.48 bits per heavy atom. The van der Waals surface area contributed by atoms with Crippen LogP contribution in [0.5, 0.6) is 11.5 Å². The number of pyridine rings is 1. The smallest absolute Gasteiger partial charge is 0.137 e. The average Bonchev–Trinajstić information content (AvgIpc) is 3.67. The van der Waals surface area contributed by atoms with Crippen LogP contribution in [0.3, 0.4) is 0 Å². The summed E-state index contributed by atoms with van der Waals surface area (Å²) in [6.07, 6.45) is 3.40. The normalized spacial score (nSPS) is 13.1. The molecule has 5 aromatic carbocycles. The minimum atomic E-state index is -0.420. The number of imidazole rings is 1. The summed E-state index contributed by atoms with van der Waals surface area (Å²) in [7, 11) is 0. The molecule has 3 heterocycles. The number of hydrogen-bond acceptors (Lipinski definition) is 3. The first-order valence-electron chi connectivity index (χ1n) is 16.1. The van der Waals surface area contributed by atoms with E-state index in [1.165, 1.54) is 0 Å². The Morgan fingerprint density at radius 1 is 0.690 bits per heavy atom. The second kappa shape index (κ2) is 9.75. The Labute approximate surface area is 249 Å². The van der Waals surface area contributed by atoms with Gasteiger partial charge in [-0.25, -0.2) is 9.97 Å². The summed E-state index contributed by atoms with van der Waals surface area (Å²) in [5, 5.41) is 2.08. The number of aromatic nitrogens is 4. The van der Waals surface area contributed by atoms with Crippen LogP contribution in [0.25, 0.3) is 55.5 Å². The third-order valence-electron chi connectivity index (χ3n) is 7.53. The Morgan fingerprint density at radius 3 is 2.36 bits per heavy atom. The first kappa shape index (κ1) is 19.4. The fraction of sp³-hybridized carbons (Fsp3) is 0.0270. The summed E-state index contributed by atoms with van der Waals surface area (Å²) < 4.78 is 51.6. The molecule has 0 aliphatic carbocycles. The van der Waals surface area contributed by atoms with E-state index in [0.717, 1.165) is 44.1 Å². The number of hydrogen-bond donors (Lipinski definition) is 0. The highest BCUT2D eigenvalue weighted by Crippen LogP contribution is 2.36. The van der Waals surface area contributed by atoms with Crippen molar-refractivity contribution in [2.45, 2.75) is 6.92 Å². The molecule has 200 valence electrons. The molecule has 0 saturated carbocycles. The zero-order valence-electron chi connectivity index (χ0n) is 27.6. The number of para-hydroxylation sites is 3. The maximum Gasteiger partial charge on any atom is 0.137 e. The summed E-state index contributed by atoms with van der Waals surface area (Å²) in [5.41, 5.74) is 6.07. The van der Waals surface area contributed by atoms with E-state index >= 15 is 0 Å². The second-order valence-electron chi connectivity index (χ2n) is 10.1. The SMILES string of the molecule is [2H]c1c([2H])c([2H])c(-c2cnc(-n3c4ccccc4c4ccc(Oc5cccc(-n6cnc7ccccc76)c5)cc43)cc2C)c([2H])c1[2H]. The van der Waals surface area contributed by atoms with Gasteiger partial charge in [-0.2, -0.15) is 0 Å². The van der Waals surface area contributed by atoms with Crippen LogP contribution in [0.1, 0.15) is 12.4 Å². The Kier molecular flexibility index (Phi) is 4.51. The second-order valence-corrected chi connectivity index (χ2v) is 10.1. The van der Waals surface area contributed by atoms with Gasteiger partial charge in [-0.3, -0.25) is 9.13 Å². The molecule has 0 amide bonds. The largest absolute Gasteiger partial charge is 0.457 e. The molecule has 8 rings (SSSR count). The zero-order chi connectivity index (χ0) is 32.4. The molecule has 0 radical (unpaired) electrons. The van der Waals surface area contributed by atoms with Crippen LogP contribution < -0.4 is 4.74 Å². The molecule has 0 aliphatic rings. The van der Waals surface area contributed by atoms with Gasteiger partial charge < -0.3 is 4.74 Å². The van der Waals surface area contributed by atoms with E-state index in [-0.39, 0.29) is 29.7 Å². The first-order chi connectivity index (χ1) is 22.8. The Hall–Kier alpha value is -5.68. The number of nitrogens with zero attached hydrogens (tertiary/aromatic N) is 4. The molecule has 0 N–H and O–H groups in total. The van der Waals surface area contributed by atoms with Gasteiger partial charge in [-0.15, -0.1) is 0 Å². The molecule has 42 heavy (non-hydrogen) atoms. The van der Waals surface area contributed by atoms with E-state index in [0.29, 0.717) is 22.9 Å². The van der Waals surface area contributed by atoms with Gasteiger partial charge in [0.2, 0.25) is 0 Å². The van der Waals surface area contributed by atoms with Crippen LogP contribution in [-0.4, -0.2) is 19.1 Å². The van der Waals surface area contributed by atoms with Crippen molar-refractivity contribution < 1.29 is 11.6 Å². The van der Waals surface area contributed by atoms with Crippen molar-refractivity contribution in [1.82, 2.24) is 19.1 Å². The predicted octanol–water partition coefficient (Wildman–Crippen LogP) is 9.29. The quantitative estimate of drug-likeness (QED) is 0.216. The summed E-state index contributed by atoms with van der Waals surface area (Å²) in [4.78, 5) is 9.30. The van der Waals surface area contributed by atoms with Crippen molar-refractivity contribution in [1.29, 1.82) is 0 Å². The lowest BCUT2D eigenvalue weighted by Crippen LogP contribution is -1.99. The molecule has 5 heteroatoms. The number of rotatable bonds is 5. The highest BCUT2D eigenvalue weighted by atomic mass is 16.5. The summed E-state index contributed by atoms with van der Waals surface area (Å²) >= 11 is 0. The van der Waals surface area contributed by atoms with Gasteiger partial charge in [-0.05, 0) is 66.6 Å². The van der Waals surface area contributed by atoms with E-state index in [1.54, 1.807) is 6.20 Å². The Balaban J connectivity index is 1.22. The molecule has 0 unspecified atom stereocenters. The lowest BCUT2D eigenvalue weighted by atomic mass is 10.0. The topological polar surface area (TPSA) is 44.9 Å². The molecule has 0 spiro atoms. The van der Waals surface area contributed by atoms with Crippen molar-refractivity contribution >= 4 is 32.8 Å². The van der Waals surface area contributed by atoms with Crippen LogP contribution in [0.15, 0.2) is 140 Å². The summed E-state index contributed by atoms with van der Waals surface area (Å²) in [5.74, 6) is 1.97. The third-order valence-corrected chi connectivity index (χ3v) is 7.53. The van der Waals surface area contributed by atoms with Crippen molar-refractivity contribution in [2.24, 2.45) is 0 Å². The number of aryl methyl sites for hydroxylation is 1. The maximum absolute atomic E-state index is 8.46. The van der Waals surface area contributed by atoms with E-state index in [2.05, 4.69) is 15.6 Å². The molecule has 8 aromatic rings. The van der Waals surface area contributed by atoms with E-state index < -0.39 is 6.04 Å². The van der Waals surface area contributed by atoms with Crippen LogP contribution in [-0.2, 0) is 0 Å². The van der Waals surface area contributed by atoms with Crippen molar-refractivity contribution in [3.05, 3.63) is 145 Å².